The number of nitrogens with zero attached hydrogens (tertiary/aromatic N) is 3. The molecule has 0 saturated carbocycles. The molecule has 0 aliphatic rings. The summed E-state index contributed by atoms with van der Waals surface area (Å²) in [5.41, 5.74) is 0.356. The first-order valence-electron chi connectivity index (χ1n) is 9.50. The van der Waals surface area contributed by atoms with Gasteiger partial charge in [-0.1, -0.05) is 11.6 Å². The van der Waals surface area contributed by atoms with Gasteiger partial charge in [0.1, 0.15) is 12.3 Å². The fourth-order valence-electron chi connectivity index (χ4n) is 2.82. The van der Waals surface area contributed by atoms with E-state index in [1.54, 1.807) is 6.07 Å². The molecule has 0 atom stereocenters. The van der Waals surface area contributed by atoms with E-state index in [4.69, 9.17) is 16.3 Å². The van der Waals surface area contributed by atoms with Crippen molar-refractivity contribution in [2.24, 2.45) is 0 Å². The SMILES string of the molecule is COc1ccc(Cl)cc1N(CC(=O)Nc1ccc(S(=O)(=O)Nc2ncccn2)cc1)S(C)(=O)=O. The van der Waals surface area contributed by atoms with Crippen LogP contribution in [-0.4, -0.2) is 52.6 Å². The summed E-state index contributed by atoms with van der Waals surface area (Å²) in [6, 6.07) is 11.2. The van der Waals surface area contributed by atoms with Gasteiger partial charge in [-0.25, -0.2) is 31.5 Å². The lowest BCUT2D eigenvalue weighted by Gasteiger charge is -2.24. The summed E-state index contributed by atoms with van der Waals surface area (Å²) in [5, 5.41) is 2.80. The van der Waals surface area contributed by atoms with E-state index in [1.165, 1.54) is 62.0 Å². The summed E-state index contributed by atoms with van der Waals surface area (Å²) in [6.07, 6.45) is 3.73. The minimum atomic E-state index is -3.95. The molecule has 1 aromatic heterocycles. The number of hydrogen-bond donors (Lipinski definition) is 2. The lowest BCUT2D eigenvalue weighted by atomic mass is 10.3. The van der Waals surface area contributed by atoms with Gasteiger partial charge in [0.05, 0.1) is 23.9 Å². The minimum Gasteiger partial charge on any atom is -0.495 e. The van der Waals surface area contributed by atoms with E-state index in [0.717, 1.165) is 10.6 Å². The number of benzene rings is 2. The molecule has 180 valence electrons. The van der Waals surface area contributed by atoms with Crippen LogP contribution in [0.25, 0.3) is 0 Å². The number of anilines is 3. The summed E-state index contributed by atoms with van der Waals surface area (Å²) in [7, 11) is -6.46. The molecule has 1 amide bonds. The molecule has 1 heterocycles. The predicted octanol–water partition coefficient (Wildman–Crippen LogP) is 2.34. The smallest absolute Gasteiger partial charge is 0.264 e. The summed E-state index contributed by atoms with van der Waals surface area (Å²) in [6.45, 7) is -0.567. The molecule has 2 N–H and O–H groups in total. The molecule has 0 aliphatic heterocycles. The number of amides is 1. The second-order valence-corrected chi connectivity index (χ2v) is 10.9. The molecule has 0 bridgehead atoms. The van der Waals surface area contributed by atoms with Gasteiger partial charge >= 0.3 is 0 Å². The Morgan fingerprint density at radius 3 is 2.29 bits per heavy atom. The Bertz CT molecular complexity index is 1380. The number of nitrogens with one attached hydrogen (secondary N) is 2. The van der Waals surface area contributed by atoms with Crippen molar-refractivity contribution < 1.29 is 26.4 Å². The van der Waals surface area contributed by atoms with E-state index in [-0.39, 0.29) is 33.0 Å². The van der Waals surface area contributed by atoms with Crippen molar-refractivity contribution in [3.63, 3.8) is 0 Å². The van der Waals surface area contributed by atoms with Crippen LogP contribution in [-0.2, 0) is 24.8 Å². The monoisotopic (exact) mass is 525 g/mol. The van der Waals surface area contributed by atoms with Crippen molar-refractivity contribution in [3.8, 4) is 5.75 Å². The fraction of sp³-hybridized carbons (Fsp3) is 0.150. The van der Waals surface area contributed by atoms with Crippen LogP contribution in [0.4, 0.5) is 17.3 Å². The largest absolute Gasteiger partial charge is 0.495 e. The zero-order valence-corrected chi connectivity index (χ0v) is 20.4. The number of rotatable bonds is 9. The van der Waals surface area contributed by atoms with Gasteiger partial charge in [0, 0.05) is 23.1 Å². The first kappa shape index (κ1) is 25.2. The van der Waals surface area contributed by atoms with Gasteiger partial charge in [-0.3, -0.25) is 9.10 Å². The first-order chi connectivity index (χ1) is 16.0. The molecule has 0 aliphatic carbocycles. The number of carbonyl (C=O) groups is 1. The summed E-state index contributed by atoms with van der Waals surface area (Å²) >= 11 is 6.00. The number of ether oxygens (including phenoxy) is 1. The van der Waals surface area contributed by atoms with Crippen molar-refractivity contribution in [2.45, 2.75) is 4.90 Å². The van der Waals surface area contributed by atoms with Crippen molar-refractivity contribution >= 4 is 54.9 Å². The Kier molecular flexibility index (Phi) is 7.59. The van der Waals surface area contributed by atoms with Crippen molar-refractivity contribution in [1.29, 1.82) is 0 Å². The highest BCUT2D eigenvalue weighted by Gasteiger charge is 2.24. The highest BCUT2D eigenvalue weighted by Crippen LogP contribution is 2.32. The molecule has 11 nitrogen and oxygen atoms in total. The summed E-state index contributed by atoms with van der Waals surface area (Å²) < 4.78 is 57.9. The Labute approximate surface area is 201 Å². The topological polar surface area (TPSA) is 148 Å². The van der Waals surface area contributed by atoms with Crippen LogP contribution >= 0.6 is 11.6 Å². The van der Waals surface area contributed by atoms with Crippen LogP contribution in [0.5, 0.6) is 5.75 Å². The van der Waals surface area contributed by atoms with Crippen molar-refractivity contribution in [2.75, 3.05) is 34.3 Å². The van der Waals surface area contributed by atoms with Gasteiger partial charge in [0.2, 0.25) is 21.9 Å². The van der Waals surface area contributed by atoms with E-state index >= 15 is 0 Å². The van der Waals surface area contributed by atoms with Crippen LogP contribution in [0, 0.1) is 0 Å². The Balaban J connectivity index is 1.75. The molecule has 0 radical (unpaired) electrons. The Hall–Kier alpha value is -3.42. The number of hydrogen-bond acceptors (Lipinski definition) is 8. The van der Waals surface area contributed by atoms with Crippen molar-refractivity contribution in [1.82, 2.24) is 9.97 Å². The third-order valence-corrected chi connectivity index (χ3v) is 7.04. The molecule has 14 heteroatoms. The van der Waals surface area contributed by atoms with Gasteiger partial charge in [0.25, 0.3) is 10.0 Å². The van der Waals surface area contributed by atoms with Gasteiger partial charge in [-0.05, 0) is 48.5 Å². The van der Waals surface area contributed by atoms with Gasteiger partial charge in [0.15, 0.2) is 0 Å². The molecule has 2 aromatic carbocycles. The van der Waals surface area contributed by atoms with E-state index in [9.17, 15) is 21.6 Å². The average molecular weight is 526 g/mol. The summed E-state index contributed by atoms with van der Waals surface area (Å²) in [5.74, 6) is -0.539. The number of carbonyl (C=O) groups excluding carboxylic acids is 1. The van der Waals surface area contributed by atoms with Gasteiger partial charge < -0.3 is 10.1 Å². The standard InChI is InChI=1S/C20H20ClN5O6S2/c1-32-18-9-4-14(21)12-17(18)26(33(2,28)29)13-19(27)24-15-5-7-16(8-6-15)34(30,31)25-20-22-10-3-11-23-20/h3-12H,13H2,1-2H3,(H,24,27)(H,22,23,25). The molecule has 0 fully saturated rings. The number of sulfonamides is 2. The van der Waals surface area contributed by atoms with Crippen LogP contribution in [0.15, 0.2) is 65.8 Å². The van der Waals surface area contributed by atoms with Crippen LogP contribution in [0.1, 0.15) is 0 Å². The predicted molar refractivity (Wildman–Crippen MR) is 128 cm³/mol. The molecular formula is C20H20ClN5O6S2. The summed E-state index contributed by atoms with van der Waals surface area (Å²) in [4.78, 5) is 20.1. The second-order valence-electron chi connectivity index (χ2n) is 6.84. The lowest BCUT2D eigenvalue weighted by Crippen LogP contribution is -2.37. The van der Waals surface area contributed by atoms with Crippen LogP contribution < -0.4 is 19.1 Å². The molecule has 34 heavy (non-hydrogen) atoms. The van der Waals surface area contributed by atoms with Crippen LogP contribution in [0.2, 0.25) is 5.02 Å². The van der Waals surface area contributed by atoms with E-state index in [0.29, 0.717) is 0 Å². The number of methoxy groups -OCH3 is 1. The number of halogens is 1. The van der Waals surface area contributed by atoms with Crippen LogP contribution in [0.3, 0.4) is 0 Å². The molecule has 3 rings (SSSR count). The fourth-order valence-corrected chi connectivity index (χ4v) is 4.79. The normalized spacial score (nSPS) is 11.5. The zero-order valence-electron chi connectivity index (χ0n) is 18.0. The molecular weight excluding hydrogens is 506 g/mol. The number of aromatic nitrogens is 2. The van der Waals surface area contributed by atoms with Gasteiger partial charge in [-0.2, -0.15) is 0 Å². The quantitative estimate of drug-likeness (QED) is 0.432. The molecule has 0 spiro atoms. The molecule has 0 unspecified atom stereocenters. The second kappa shape index (κ2) is 10.2. The maximum Gasteiger partial charge on any atom is 0.264 e. The van der Waals surface area contributed by atoms with Gasteiger partial charge in [-0.15, -0.1) is 0 Å². The maximum atomic E-state index is 12.6. The van der Waals surface area contributed by atoms with E-state index < -0.39 is 32.5 Å². The highest BCUT2D eigenvalue weighted by atomic mass is 35.5. The van der Waals surface area contributed by atoms with E-state index in [2.05, 4.69) is 20.0 Å². The third-order valence-electron chi connectivity index (χ3n) is 4.34. The molecule has 0 saturated heterocycles. The Morgan fingerprint density at radius 2 is 1.71 bits per heavy atom. The minimum absolute atomic E-state index is 0.0839. The first-order valence-corrected chi connectivity index (χ1v) is 13.2. The zero-order chi connectivity index (χ0) is 24.9. The Morgan fingerprint density at radius 1 is 1.06 bits per heavy atom. The molecule has 3 aromatic rings. The average Bonchev–Trinajstić information content (AvgIpc) is 2.77. The lowest BCUT2D eigenvalue weighted by molar-refractivity contribution is -0.114. The van der Waals surface area contributed by atoms with E-state index in [1.807, 2.05) is 0 Å². The maximum absolute atomic E-state index is 12.6. The third kappa shape index (κ3) is 6.34. The van der Waals surface area contributed by atoms with Crippen molar-refractivity contribution in [3.05, 3.63) is 65.9 Å². The highest BCUT2D eigenvalue weighted by molar-refractivity contribution is 7.92.